The molecule has 4 nitrogen and oxygen atoms in total. The fourth-order valence-electron chi connectivity index (χ4n) is 1.09. The summed E-state index contributed by atoms with van der Waals surface area (Å²) in [5, 5.41) is 3.22. The molecule has 82 valence electrons. The molecule has 0 bridgehead atoms. The number of nitrogens with one attached hydrogen (secondary N) is 1. The van der Waals surface area contributed by atoms with Crippen molar-refractivity contribution >= 4 is 17.5 Å². The van der Waals surface area contributed by atoms with E-state index in [-0.39, 0.29) is 5.91 Å². The Kier molecular flexibility index (Phi) is 4.90. The summed E-state index contributed by atoms with van der Waals surface area (Å²) in [5.74, 6) is 0.675. The molecule has 0 spiro atoms. The second-order valence-corrected chi connectivity index (χ2v) is 3.36. The number of pyridine rings is 1. The van der Waals surface area contributed by atoms with Crippen LogP contribution in [0.1, 0.15) is 12.8 Å². The fourth-order valence-corrected chi connectivity index (χ4v) is 1.29. The molecule has 1 aliphatic heterocycles. The SMILES string of the molecule is COc1ncccc1Cl.O=C1CCCN1. The Labute approximate surface area is 93.6 Å². The number of halogens is 1. The van der Waals surface area contributed by atoms with E-state index in [1.54, 1.807) is 18.3 Å². The van der Waals surface area contributed by atoms with Gasteiger partial charge in [0.05, 0.1) is 7.11 Å². The number of ether oxygens (including phenoxy) is 1. The number of nitrogens with zero attached hydrogens (tertiary/aromatic N) is 1. The molecule has 1 fully saturated rings. The van der Waals surface area contributed by atoms with Crippen molar-refractivity contribution in [3.63, 3.8) is 0 Å². The van der Waals surface area contributed by atoms with Gasteiger partial charge in [-0.25, -0.2) is 4.98 Å². The van der Waals surface area contributed by atoms with E-state index in [4.69, 9.17) is 16.3 Å². The van der Waals surface area contributed by atoms with E-state index < -0.39 is 0 Å². The van der Waals surface area contributed by atoms with Gasteiger partial charge in [-0.15, -0.1) is 0 Å². The van der Waals surface area contributed by atoms with Crippen LogP contribution in [0.2, 0.25) is 5.02 Å². The molecule has 1 aromatic rings. The van der Waals surface area contributed by atoms with Crippen LogP contribution in [-0.2, 0) is 4.79 Å². The molecule has 1 aromatic heterocycles. The summed E-state index contributed by atoms with van der Waals surface area (Å²) in [6.45, 7) is 0.888. The van der Waals surface area contributed by atoms with E-state index in [0.29, 0.717) is 10.9 Å². The standard InChI is InChI=1S/C6H6ClNO.C4H7NO/c1-9-6-5(7)3-2-4-8-6;6-4-2-1-3-5-4/h2-4H,1H3;1-3H2,(H,5,6). The lowest BCUT2D eigenvalue weighted by Crippen LogP contribution is -2.12. The van der Waals surface area contributed by atoms with Crippen LogP contribution in [0.25, 0.3) is 0 Å². The lowest BCUT2D eigenvalue weighted by Gasteiger charge is -1.97. The predicted octanol–water partition coefficient (Wildman–Crippen LogP) is 1.64. The molecule has 15 heavy (non-hydrogen) atoms. The zero-order chi connectivity index (χ0) is 11.1. The molecule has 0 unspecified atom stereocenters. The van der Waals surface area contributed by atoms with Gasteiger partial charge in [0.15, 0.2) is 0 Å². The van der Waals surface area contributed by atoms with Crippen molar-refractivity contribution in [2.75, 3.05) is 13.7 Å². The van der Waals surface area contributed by atoms with Crippen LogP contribution < -0.4 is 10.1 Å². The Balaban J connectivity index is 0.000000162. The van der Waals surface area contributed by atoms with Crippen LogP contribution in [0.3, 0.4) is 0 Å². The van der Waals surface area contributed by atoms with Gasteiger partial charge in [-0.1, -0.05) is 11.6 Å². The molecule has 1 saturated heterocycles. The van der Waals surface area contributed by atoms with Crippen molar-refractivity contribution < 1.29 is 9.53 Å². The number of hydrogen-bond donors (Lipinski definition) is 1. The quantitative estimate of drug-likeness (QED) is 0.795. The zero-order valence-electron chi connectivity index (χ0n) is 8.50. The van der Waals surface area contributed by atoms with Gasteiger partial charge < -0.3 is 10.1 Å². The van der Waals surface area contributed by atoms with E-state index >= 15 is 0 Å². The Hall–Kier alpha value is -1.29. The minimum Gasteiger partial charge on any atom is -0.480 e. The molecule has 0 saturated carbocycles. The first-order valence-corrected chi connectivity index (χ1v) is 5.03. The Morgan fingerprint density at radius 2 is 2.40 bits per heavy atom. The van der Waals surface area contributed by atoms with Crippen LogP contribution in [-0.4, -0.2) is 24.5 Å². The molecular weight excluding hydrogens is 216 g/mol. The molecule has 0 atom stereocenters. The first kappa shape index (κ1) is 11.8. The highest BCUT2D eigenvalue weighted by atomic mass is 35.5. The average Bonchev–Trinajstić information content (AvgIpc) is 2.71. The summed E-state index contributed by atoms with van der Waals surface area (Å²) in [6.07, 6.45) is 3.39. The molecule has 1 N–H and O–H groups in total. The van der Waals surface area contributed by atoms with E-state index in [0.717, 1.165) is 19.4 Å². The third kappa shape index (κ3) is 4.16. The summed E-state index contributed by atoms with van der Waals surface area (Å²) in [6, 6.07) is 3.48. The third-order valence-corrected chi connectivity index (χ3v) is 2.11. The normalized spacial score (nSPS) is 13.9. The molecule has 2 rings (SSSR count). The molecular formula is C10H13ClN2O2. The van der Waals surface area contributed by atoms with Crippen molar-refractivity contribution in [1.29, 1.82) is 0 Å². The van der Waals surface area contributed by atoms with Crippen LogP contribution >= 0.6 is 11.6 Å². The van der Waals surface area contributed by atoms with Crippen molar-refractivity contribution in [3.8, 4) is 5.88 Å². The fraction of sp³-hybridized carbons (Fsp3) is 0.400. The number of methoxy groups -OCH3 is 1. The highest BCUT2D eigenvalue weighted by Gasteiger charge is 2.05. The van der Waals surface area contributed by atoms with Gasteiger partial charge >= 0.3 is 0 Å². The molecule has 2 heterocycles. The monoisotopic (exact) mass is 228 g/mol. The van der Waals surface area contributed by atoms with Crippen molar-refractivity contribution in [2.45, 2.75) is 12.8 Å². The van der Waals surface area contributed by atoms with E-state index in [9.17, 15) is 4.79 Å². The van der Waals surface area contributed by atoms with Crippen LogP contribution in [0, 0.1) is 0 Å². The lowest BCUT2D eigenvalue weighted by atomic mass is 10.4. The van der Waals surface area contributed by atoms with Gasteiger partial charge in [-0.05, 0) is 18.6 Å². The Bertz CT molecular complexity index is 323. The van der Waals surface area contributed by atoms with Gasteiger partial charge in [0.1, 0.15) is 5.02 Å². The highest BCUT2D eigenvalue weighted by molar-refractivity contribution is 6.31. The summed E-state index contributed by atoms with van der Waals surface area (Å²) in [5.41, 5.74) is 0. The van der Waals surface area contributed by atoms with Gasteiger partial charge in [-0.2, -0.15) is 0 Å². The van der Waals surface area contributed by atoms with Crippen molar-refractivity contribution in [3.05, 3.63) is 23.4 Å². The number of amides is 1. The zero-order valence-corrected chi connectivity index (χ0v) is 9.25. The van der Waals surface area contributed by atoms with Crippen molar-refractivity contribution in [2.24, 2.45) is 0 Å². The van der Waals surface area contributed by atoms with E-state index in [1.165, 1.54) is 7.11 Å². The summed E-state index contributed by atoms with van der Waals surface area (Å²) in [4.78, 5) is 14.0. The predicted molar refractivity (Wildman–Crippen MR) is 58.0 cm³/mol. The maximum absolute atomic E-state index is 10.1. The summed E-state index contributed by atoms with van der Waals surface area (Å²) >= 11 is 5.64. The first-order chi connectivity index (χ1) is 7.24. The second kappa shape index (κ2) is 6.24. The molecule has 1 aliphatic rings. The number of aromatic nitrogens is 1. The Morgan fingerprint density at radius 3 is 2.73 bits per heavy atom. The van der Waals surface area contributed by atoms with Crippen LogP contribution in [0.15, 0.2) is 18.3 Å². The third-order valence-electron chi connectivity index (χ3n) is 1.82. The van der Waals surface area contributed by atoms with Gasteiger partial charge in [0.2, 0.25) is 11.8 Å². The maximum Gasteiger partial charge on any atom is 0.232 e. The highest BCUT2D eigenvalue weighted by Crippen LogP contribution is 2.18. The molecule has 0 radical (unpaired) electrons. The number of hydrogen-bond acceptors (Lipinski definition) is 3. The van der Waals surface area contributed by atoms with Gasteiger partial charge in [0.25, 0.3) is 0 Å². The van der Waals surface area contributed by atoms with Gasteiger partial charge in [-0.3, -0.25) is 4.79 Å². The van der Waals surface area contributed by atoms with Crippen LogP contribution in [0.5, 0.6) is 5.88 Å². The minimum absolute atomic E-state index is 0.204. The minimum atomic E-state index is 0.204. The van der Waals surface area contributed by atoms with Crippen molar-refractivity contribution in [1.82, 2.24) is 10.3 Å². The van der Waals surface area contributed by atoms with Gasteiger partial charge in [0, 0.05) is 19.2 Å². The number of carbonyl (C=O) groups excluding carboxylic acids is 1. The second-order valence-electron chi connectivity index (χ2n) is 2.95. The Morgan fingerprint density at radius 1 is 1.60 bits per heavy atom. The summed E-state index contributed by atoms with van der Waals surface area (Å²) in [7, 11) is 1.54. The van der Waals surface area contributed by atoms with E-state index in [2.05, 4.69) is 10.3 Å². The first-order valence-electron chi connectivity index (χ1n) is 4.65. The number of carbonyl (C=O) groups is 1. The molecule has 0 aliphatic carbocycles. The van der Waals surface area contributed by atoms with Crippen LogP contribution in [0.4, 0.5) is 0 Å². The topological polar surface area (TPSA) is 51.2 Å². The average molecular weight is 229 g/mol. The maximum atomic E-state index is 10.1. The largest absolute Gasteiger partial charge is 0.480 e. The number of rotatable bonds is 1. The molecule has 0 aromatic carbocycles. The molecule has 1 amide bonds. The van der Waals surface area contributed by atoms with E-state index in [1.807, 2.05) is 0 Å². The lowest BCUT2D eigenvalue weighted by molar-refractivity contribution is -0.119. The summed E-state index contributed by atoms with van der Waals surface area (Å²) < 4.78 is 4.80. The molecule has 5 heteroatoms. The smallest absolute Gasteiger partial charge is 0.232 e.